The molecule has 3 nitrogen and oxygen atoms in total. The molecule has 13 heavy (non-hydrogen) atoms. The molecule has 0 bridgehead atoms. The van der Waals surface area contributed by atoms with Gasteiger partial charge in [-0.25, -0.2) is 0 Å². The Morgan fingerprint density at radius 1 is 1.54 bits per heavy atom. The molecule has 0 spiro atoms. The summed E-state index contributed by atoms with van der Waals surface area (Å²) in [5.41, 5.74) is 0. The van der Waals surface area contributed by atoms with Crippen LogP contribution in [-0.4, -0.2) is 38.9 Å². The average molecular weight is 186 g/mol. The smallest absolute Gasteiger partial charge is 0.0725 e. The van der Waals surface area contributed by atoms with Gasteiger partial charge in [-0.15, -0.1) is 0 Å². The summed E-state index contributed by atoms with van der Waals surface area (Å²) in [6.45, 7) is 7.40. The van der Waals surface area contributed by atoms with Crippen LogP contribution >= 0.6 is 0 Å². The second-order valence-electron chi connectivity index (χ2n) is 4.04. The molecular weight excluding hydrogens is 164 g/mol. The Morgan fingerprint density at radius 3 is 2.85 bits per heavy atom. The molecule has 2 N–H and O–H groups in total. The Kier molecular flexibility index (Phi) is 4.70. The first-order valence-corrected chi connectivity index (χ1v) is 5.23. The van der Waals surface area contributed by atoms with E-state index in [1.54, 1.807) is 0 Å². The molecule has 0 aromatic carbocycles. The van der Waals surface area contributed by atoms with Crippen LogP contribution in [0.5, 0.6) is 0 Å². The average Bonchev–Trinajstić information content (AvgIpc) is 2.48. The lowest BCUT2D eigenvalue weighted by Crippen LogP contribution is -2.40. The predicted molar refractivity (Wildman–Crippen MR) is 54.9 cm³/mol. The lowest BCUT2D eigenvalue weighted by atomic mass is 10.0. The van der Waals surface area contributed by atoms with E-state index in [-0.39, 0.29) is 0 Å². The molecule has 0 aliphatic carbocycles. The number of likely N-dealkylation sites (N-methyl/N-ethyl adjacent to an activating group) is 1. The van der Waals surface area contributed by atoms with Gasteiger partial charge in [0, 0.05) is 25.7 Å². The number of hydrogen-bond donors (Lipinski definition) is 2. The molecule has 0 amide bonds. The van der Waals surface area contributed by atoms with Crippen molar-refractivity contribution in [2.75, 3.05) is 26.7 Å². The van der Waals surface area contributed by atoms with Gasteiger partial charge in [0.05, 0.1) is 6.10 Å². The number of nitrogens with one attached hydrogen (secondary N) is 2. The molecular formula is C10H22N2O. The molecule has 0 radical (unpaired) electrons. The zero-order valence-electron chi connectivity index (χ0n) is 8.97. The molecule has 1 rings (SSSR count). The van der Waals surface area contributed by atoms with Crippen LogP contribution in [0.25, 0.3) is 0 Å². The van der Waals surface area contributed by atoms with Gasteiger partial charge in [-0.05, 0) is 26.3 Å². The summed E-state index contributed by atoms with van der Waals surface area (Å²) in [6.07, 6.45) is 1.64. The van der Waals surface area contributed by atoms with Gasteiger partial charge in [0.25, 0.3) is 0 Å². The molecule has 0 aromatic rings. The van der Waals surface area contributed by atoms with Crippen LogP contribution < -0.4 is 10.6 Å². The van der Waals surface area contributed by atoms with Gasteiger partial charge in [0.2, 0.25) is 0 Å². The fourth-order valence-electron chi connectivity index (χ4n) is 1.71. The van der Waals surface area contributed by atoms with Gasteiger partial charge in [-0.2, -0.15) is 0 Å². The fraction of sp³-hybridized carbons (Fsp3) is 1.00. The standard InChI is InChI=1S/C10H22N2O/c1-8-4-5-13-10(8)7-12-9(2)6-11-3/h8-12H,4-7H2,1-3H3. The van der Waals surface area contributed by atoms with Crippen molar-refractivity contribution in [1.82, 2.24) is 10.6 Å². The summed E-state index contributed by atoms with van der Waals surface area (Å²) in [5.74, 6) is 0.717. The molecule has 78 valence electrons. The summed E-state index contributed by atoms with van der Waals surface area (Å²) in [6, 6.07) is 0.529. The van der Waals surface area contributed by atoms with E-state index in [0.29, 0.717) is 18.1 Å². The molecule has 0 aromatic heterocycles. The van der Waals surface area contributed by atoms with Gasteiger partial charge >= 0.3 is 0 Å². The van der Waals surface area contributed by atoms with E-state index in [1.807, 2.05) is 7.05 Å². The topological polar surface area (TPSA) is 33.3 Å². The van der Waals surface area contributed by atoms with Crippen molar-refractivity contribution in [2.45, 2.75) is 32.4 Å². The monoisotopic (exact) mass is 186 g/mol. The molecule has 1 saturated heterocycles. The van der Waals surface area contributed by atoms with Crippen LogP contribution in [0.3, 0.4) is 0 Å². The van der Waals surface area contributed by atoms with Crippen molar-refractivity contribution >= 4 is 0 Å². The highest BCUT2D eigenvalue weighted by atomic mass is 16.5. The van der Waals surface area contributed by atoms with Crippen LogP contribution in [0, 0.1) is 5.92 Å². The van der Waals surface area contributed by atoms with Crippen molar-refractivity contribution in [1.29, 1.82) is 0 Å². The highest BCUT2D eigenvalue weighted by Gasteiger charge is 2.23. The maximum absolute atomic E-state index is 5.61. The third-order valence-corrected chi connectivity index (χ3v) is 2.72. The number of rotatable bonds is 5. The number of hydrogen-bond acceptors (Lipinski definition) is 3. The van der Waals surface area contributed by atoms with Gasteiger partial charge in [0.15, 0.2) is 0 Å². The maximum Gasteiger partial charge on any atom is 0.0725 e. The minimum Gasteiger partial charge on any atom is -0.377 e. The maximum atomic E-state index is 5.61. The first-order valence-electron chi connectivity index (χ1n) is 5.23. The fourth-order valence-corrected chi connectivity index (χ4v) is 1.71. The third-order valence-electron chi connectivity index (χ3n) is 2.72. The molecule has 1 heterocycles. The highest BCUT2D eigenvalue weighted by molar-refractivity contribution is 4.76. The Morgan fingerprint density at radius 2 is 2.31 bits per heavy atom. The van der Waals surface area contributed by atoms with Crippen molar-refractivity contribution in [3.63, 3.8) is 0 Å². The van der Waals surface area contributed by atoms with Gasteiger partial charge < -0.3 is 15.4 Å². The molecule has 1 aliphatic rings. The Bertz CT molecular complexity index is 141. The predicted octanol–water partition coefficient (Wildman–Crippen LogP) is 0.609. The van der Waals surface area contributed by atoms with E-state index in [9.17, 15) is 0 Å². The van der Waals surface area contributed by atoms with Crippen LogP contribution in [-0.2, 0) is 4.74 Å². The minimum atomic E-state index is 0.430. The van der Waals surface area contributed by atoms with E-state index >= 15 is 0 Å². The third kappa shape index (κ3) is 3.63. The van der Waals surface area contributed by atoms with E-state index in [2.05, 4.69) is 24.5 Å². The molecule has 3 unspecified atom stereocenters. The Labute approximate surface area is 81.2 Å². The molecule has 3 heteroatoms. The lowest BCUT2D eigenvalue weighted by molar-refractivity contribution is 0.0913. The highest BCUT2D eigenvalue weighted by Crippen LogP contribution is 2.19. The summed E-state index contributed by atoms with van der Waals surface area (Å²) in [5, 5.41) is 6.62. The van der Waals surface area contributed by atoms with Gasteiger partial charge in [-0.3, -0.25) is 0 Å². The first kappa shape index (κ1) is 11.0. The van der Waals surface area contributed by atoms with E-state index in [0.717, 1.165) is 19.7 Å². The second kappa shape index (κ2) is 5.58. The van der Waals surface area contributed by atoms with Crippen molar-refractivity contribution in [3.05, 3.63) is 0 Å². The largest absolute Gasteiger partial charge is 0.377 e. The quantitative estimate of drug-likeness (QED) is 0.660. The molecule has 3 atom stereocenters. The summed E-state index contributed by atoms with van der Waals surface area (Å²) in [4.78, 5) is 0. The van der Waals surface area contributed by atoms with E-state index in [1.165, 1.54) is 6.42 Å². The lowest BCUT2D eigenvalue weighted by Gasteiger charge is -2.19. The van der Waals surface area contributed by atoms with Crippen LogP contribution in [0.15, 0.2) is 0 Å². The van der Waals surface area contributed by atoms with Crippen LogP contribution in [0.1, 0.15) is 20.3 Å². The minimum absolute atomic E-state index is 0.430. The SMILES string of the molecule is CNCC(C)NCC1OCCC1C. The van der Waals surface area contributed by atoms with Crippen molar-refractivity contribution in [2.24, 2.45) is 5.92 Å². The first-order chi connectivity index (χ1) is 6.24. The zero-order chi connectivity index (χ0) is 9.68. The Balaban J connectivity index is 2.10. The summed E-state index contributed by atoms with van der Waals surface area (Å²) in [7, 11) is 1.98. The van der Waals surface area contributed by atoms with Crippen LogP contribution in [0.2, 0.25) is 0 Å². The van der Waals surface area contributed by atoms with Crippen LogP contribution in [0.4, 0.5) is 0 Å². The van der Waals surface area contributed by atoms with Crippen molar-refractivity contribution in [3.8, 4) is 0 Å². The van der Waals surface area contributed by atoms with E-state index in [4.69, 9.17) is 4.74 Å². The molecule has 1 aliphatic heterocycles. The summed E-state index contributed by atoms with van der Waals surface area (Å²) >= 11 is 0. The number of ether oxygens (including phenoxy) is 1. The Hall–Kier alpha value is -0.120. The second-order valence-corrected chi connectivity index (χ2v) is 4.04. The van der Waals surface area contributed by atoms with E-state index < -0.39 is 0 Å². The summed E-state index contributed by atoms with van der Waals surface area (Å²) < 4.78 is 5.61. The van der Waals surface area contributed by atoms with Gasteiger partial charge in [0.1, 0.15) is 0 Å². The normalized spacial score (nSPS) is 30.7. The molecule has 0 saturated carbocycles. The van der Waals surface area contributed by atoms with Crippen molar-refractivity contribution < 1.29 is 4.74 Å². The van der Waals surface area contributed by atoms with Gasteiger partial charge in [-0.1, -0.05) is 6.92 Å². The zero-order valence-corrected chi connectivity index (χ0v) is 8.97. The molecule has 1 fully saturated rings.